The van der Waals surface area contributed by atoms with E-state index in [-0.39, 0.29) is 52.6 Å². The molecule has 0 N–H and O–H groups in total. The van der Waals surface area contributed by atoms with E-state index in [0.717, 1.165) is 172 Å². The number of aromatic nitrogens is 6. The van der Waals surface area contributed by atoms with E-state index >= 15 is 0 Å². The minimum absolute atomic E-state index is 0.00623. The van der Waals surface area contributed by atoms with E-state index in [1.807, 2.05) is 98.3 Å². The van der Waals surface area contributed by atoms with Crippen LogP contribution in [0.4, 0.5) is 30.7 Å². The van der Waals surface area contributed by atoms with Crippen LogP contribution in [0.1, 0.15) is 155 Å². The fraction of sp³-hybridized carbons (Fsp3) is 0.475. The zero-order valence-corrected chi connectivity index (χ0v) is 62.6. The number of aryl methyl sites for hydroxylation is 2. The van der Waals surface area contributed by atoms with Crippen molar-refractivity contribution in [1.82, 2.24) is 56.8 Å². The lowest BCUT2D eigenvalue weighted by molar-refractivity contribution is -0.141. The Morgan fingerprint density at radius 2 is 0.824 bits per heavy atom. The smallest absolute Gasteiger partial charge is 0.406 e. The number of halogens is 9. The minimum Gasteiger partial charge on any atom is -0.496 e. The van der Waals surface area contributed by atoms with Crippen LogP contribution in [0.3, 0.4) is 0 Å². The van der Waals surface area contributed by atoms with Gasteiger partial charge in [-0.1, -0.05) is 71.2 Å². The molecule has 9 aromatic rings. The topological polar surface area (TPSA) is 161 Å². The fourth-order valence-corrected chi connectivity index (χ4v) is 17.1. The monoisotopic (exact) mass is 1530 g/mol. The third-order valence-electron chi connectivity index (χ3n) is 22.2. The number of amides is 3. The lowest BCUT2D eigenvalue weighted by Gasteiger charge is -2.32. The number of fused-ring (bicyclic) bond motifs is 6. The average Bonchev–Trinajstić information content (AvgIpc) is 1.64. The summed E-state index contributed by atoms with van der Waals surface area (Å²) in [6.07, 6.45) is 1.16. The first-order valence-corrected chi connectivity index (χ1v) is 38.3. The molecule has 576 valence electrons. The Morgan fingerprint density at radius 3 is 1.29 bits per heavy atom. The summed E-state index contributed by atoms with van der Waals surface area (Å²) in [6.45, 7) is 13.8. The number of likely N-dealkylation sites (tertiary alicyclic amines) is 3. The average molecular weight is 1540 g/mol. The van der Waals surface area contributed by atoms with Crippen molar-refractivity contribution in [3.05, 3.63) is 202 Å². The number of imidazole rings is 3. The standard InChI is InChI=1S/C27H33ClN4O2.C27H30F4N4O3.C26H28ClF3N4O2/c1-3-31-25-17-21(28)8-9-24(25)32(27(31)34)22-10-14-29(15-11-22)12-4-5-13-30-18-20-7-6-19(2)16-23(20)26(30)33;1-38-23-6-4-5-18-16-33(25(36)24(18)23)12-3-2-11-32-13-9-20(10-14-32)35-21-8-7-19(28)15-22(21)34(26(35)37)17-27(29,30)31;27-19-7-8-22-23(15-19)33(17-26(28,29)30)25(36)34(22)20-9-13-31(14-10-20)11-3-4-12-32-16-18-5-1-2-6-21(18)24(32)35/h6-9,16-17,22H,3-5,10-15,18H2,1-2H3;4-8,15,20H,2-3,9-14,16-17H2,1H3;1-2,5-8,15,20H,3-4,9-14,16-17H2. The Hall–Kier alpha value is -8.69. The Labute approximate surface area is 631 Å². The highest BCUT2D eigenvalue weighted by atomic mass is 35.5. The van der Waals surface area contributed by atoms with E-state index < -0.39 is 42.6 Å². The molecule has 3 amide bonds. The molecule has 108 heavy (non-hydrogen) atoms. The van der Waals surface area contributed by atoms with Crippen molar-refractivity contribution in [3.63, 3.8) is 0 Å². The Morgan fingerprint density at radius 1 is 0.426 bits per heavy atom. The van der Waals surface area contributed by atoms with Gasteiger partial charge in [-0.05, 0) is 200 Å². The van der Waals surface area contributed by atoms with Gasteiger partial charge in [-0.15, -0.1) is 0 Å². The fourth-order valence-electron chi connectivity index (χ4n) is 16.8. The van der Waals surface area contributed by atoms with Crippen LogP contribution in [-0.2, 0) is 39.3 Å². The summed E-state index contributed by atoms with van der Waals surface area (Å²) in [5.41, 5.74) is 8.26. The van der Waals surface area contributed by atoms with E-state index in [1.54, 1.807) is 25.3 Å². The number of unbranched alkanes of at least 4 members (excludes halogenated alkanes) is 3. The molecule has 9 heterocycles. The molecular formula is C80H91Cl2F7N12O7. The van der Waals surface area contributed by atoms with Gasteiger partial charge in [-0.3, -0.25) is 41.8 Å². The zero-order valence-electron chi connectivity index (χ0n) is 61.0. The van der Waals surface area contributed by atoms with Gasteiger partial charge in [0.15, 0.2) is 0 Å². The third-order valence-corrected chi connectivity index (χ3v) is 22.7. The number of methoxy groups -OCH3 is 1. The van der Waals surface area contributed by atoms with Crippen molar-refractivity contribution in [3.8, 4) is 5.75 Å². The third kappa shape index (κ3) is 17.2. The number of carbonyl (C=O) groups excluding carboxylic acids is 3. The molecular weight excluding hydrogens is 1440 g/mol. The molecule has 3 saturated heterocycles. The van der Waals surface area contributed by atoms with Gasteiger partial charge in [0.2, 0.25) is 0 Å². The van der Waals surface area contributed by atoms with Crippen molar-refractivity contribution in [1.29, 1.82) is 0 Å². The number of carbonyl (C=O) groups is 3. The van der Waals surface area contributed by atoms with E-state index in [1.165, 1.54) is 27.3 Å². The van der Waals surface area contributed by atoms with E-state index in [2.05, 4.69) is 26.8 Å². The molecule has 3 fully saturated rings. The lowest BCUT2D eigenvalue weighted by Crippen LogP contribution is -2.39. The molecule has 0 aliphatic carbocycles. The number of benzene rings is 6. The Kier molecular flexibility index (Phi) is 23.9. The Balaban J connectivity index is 0.000000143. The summed E-state index contributed by atoms with van der Waals surface area (Å²) in [7, 11) is 1.56. The SMILES string of the molecule is CCn1c(=O)n(C2CCN(CCCCN3Cc4ccc(C)cc4C3=O)CC2)c2ccc(Cl)cc21.COc1cccc2c1C(=O)N(CCCCN1CCC(n3c(=O)n(CC(F)(F)F)c4cc(F)ccc43)CC1)C2.O=C1c2ccccc2CN1CCCCN1CCC(n2c(=O)n(CC(F)(F)F)c3cc(Cl)ccc32)CC1. The van der Waals surface area contributed by atoms with Gasteiger partial charge in [0.25, 0.3) is 17.7 Å². The first kappa shape index (κ1) is 77.5. The summed E-state index contributed by atoms with van der Waals surface area (Å²) in [5.74, 6) is 0.191. The second-order valence-electron chi connectivity index (χ2n) is 29.3. The number of alkyl halides is 6. The molecule has 6 aliphatic rings. The molecule has 3 aromatic heterocycles. The zero-order chi connectivity index (χ0) is 76.3. The van der Waals surface area contributed by atoms with E-state index in [0.29, 0.717) is 102 Å². The van der Waals surface area contributed by atoms with Crippen LogP contribution in [0.15, 0.2) is 130 Å². The van der Waals surface area contributed by atoms with Crippen LogP contribution in [0, 0.1) is 12.7 Å². The summed E-state index contributed by atoms with van der Waals surface area (Å²) in [6, 6.07) is 33.3. The molecule has 0 atom stereocenters. The maximum absolute atomic E-state index is 13.8. The summed E-state index contributed by atoms with van der Waals surface area (Å²) in [5, 5.41) is 0.959. The molecule has 0 unspecified atom stereocenters. The number of hydrogen-bond acceptors (Lipinski definition) is 10. The van der Waals surface area contributed by atoms with E-state index in [4.69, 9.17) is 27.9 Å². The molecule has 15 rings (SSSR count). The second-order valence-corrected chi connectivity index (χ2v) is 30.2. The van der Waals surface area contributed by atoms with Crippen molar-refractivity contribution < 1.29 is 49.9 Å². The summed E-state index contributed by atoms with van der Waals surface area (Å²) in [4.78, 5) is 89.9. The van der Waals surface area contributed by atoms with Crippen LogP contribution >= 0.6 is 23.2 Å². The van der Waals surface area contributed by atoms with E-state index in [9.17, 15) is 59.5 Å². The largest absolute Gasteiger partial charge is 0.496 e. The second kappa shape index (κ2) is 33.3. The first-order valence-electron chi connectivity index (χ1n) is 37.6. The molecule has 19 nitrogen and oxygen atoms in total. The van der Waals surface area contributed by atoms with Crippen LogP contribution in [0.25, 0.3) is 33.1 Å². The van der Waals surface area contributed by atoms with Gasteiger partial charge in [0.1, 0.15) is 24.7 Å². The predicted octanol–water partition coefficient (Wildman–Crippen LogP) is 14.5. The molecule has 6 aliphatic heterocycles. The number of nitrogens with zero attached hydrogens (tertiary/aromatic N) is 12. The molecule has 0 bridgehead atoms. The molecule has 28 heteroatoms. The van der Waals surface area contributed by atoms with Crippen molar-refractivity contribution in [2.75, 3.05) is 85.6 Å². The summed E-state index contributed by atoms with van der Waals surface area (Å²) < 4.78 is 106. The summed E-state index contributed by atoms with van der Waals surface area (Å²) >= 11 is 12.2. The van der Waals surface area contributed by atoms with Gasteiger partial charge < -0.3 is 34.1 Å². The van der Waals surface area contributed by atoms with Gasteiger partial charge in [-0.25, -0.2) is 18.8 Å². The first-order chi connectivity index (χ1) is 51.8. The lowest BCUT2D eigenvalue weighted by atomic mass is 10.0. The van der Waals surface area contributed by atoms with Gasteiger partial charge >= 0.3 is 29.4 Å². The maximum Gasteiger partial charge on any atom is 0.406 e. The number of piperidine rings is 3. The molecule has 6 aromatic carbocycles. The minimum atomic E-state index is -4.59. The van der Waals surface area contributed by atoms with Gasteiger partial charge in [-0.2, -0.15) is 26.3 Å². The van der Waals surface area contributed by atoms with Crippen molar-refractivity contribution in [2.24, 2.45) is 0 Å². The number of ether oxygens (including phenoxy) is 1. The number of hydrogen-bond donors (Lipinski definition) is 0. The van der Waals surface area contributed by atoms with Crippen LogP contribution < -0.4 is 21.8 Å². The van der Waals surface area contributed by atoms with Crippen molar-refractivity contribution in [2.45, 2.75) is 161 Å². The normalized spacial score (nSPS) is 17.1. The van der Waals surface area contributed by atoms with Gasteiger partial charge in [0.05, 0.1) is 45.8 Å². The molecule has 0 spiro atoms. The van der Waals surface area contributed by atoms with Crippen LogP contribution in [-0.4, -0.2) is 173 Å². The molecule has 0 radical (unpaired) electrons. The van der Waals surface area contributed by atoms with Crippen LogP contribution in [0.5, 0.6) is 5.75 Å². The van der Waals surface area contributed by atoms with Gasteiger partial charge in [0, 0.05) is 124 Å². The predicted molar refractivity (Wildman–Crippen MR) is 403 cm³/mol. The Bertz CT molecular complexity index is 4960. The quantitative estimate of drug-likeness (QED) is 0.0472. The highest BCUT2D eigenvalue weighted by Crippen LogP contribution is 2.35. The maximum atomic E-state index is 13.8. The molecule has 0 saturated carbocycles. The van der Waals surface area contributed by atoms with Crippen LogP contribution in [0.2, 0.25) is 10.0 Å². The highest BCUT2D eigenvalue weighted by molar-refractivity contribution is 6.31. The number of rotatable bonds is 22. The highest BCUT2D eigenvalue weighted by Gasteiger charge is 2.37. The van der Waals surface area contributed by atoms with Crippen molar-refractivity contribution >= 4 is 74.0 Å².